The molecular formula is C16H14ClF3N6O. The standard InChI is InChI=1S/C16H14ClF3N6O/c1-25-7-6-22-12(25)4-5-21-11-9-24-26(15(27)14(11)17)13-3-2-10(8-23-13)16(18,19)20/h2-3,6-9,21H,4-5H2,1H3. The number of nitrogens with zero attached hydrogens (tertiary/aromatic N) is 5. The van der Waals surface area contributed by atoms with Gasteiger partial charge in [-0.1, -0.05) is 11.6 Å². The maximum Gasteiger partial charge on any atom is 0.417 e. The zero-order valence-corrected chi connectivity index (χ0v) is 14.8. The van der Waals surface area contributed by atoms with Crippen LogP contribution in [-0.2, 0) is 19.6 Å². The predicted octanol–water partition coefficient (Wildman–Crippen LogP) is 2.69. The van der Waals surface area contributed by atoms with E-state index >= 15 is 0 Å². The fraction of sp³-hybridized carbons (Fsp3) is 0.250. The van der Waals surface area contributed by atoms with Crippen LogP contribution >= 0.6 is 11.6 Å². The van der Waals surface area contributed by atoms with Crippen LogP contribution in [0, 0.1) is 0 Å². The summed E-state index contributed by atoms with van der Waals surface area (Å²) in [6.07, 6.45) is 1.55. The molecule has 0 atom stereocenters. The van der Waals surface area contributed by atoms with E-state index in [0.717, 1.165) is 22.6 Å². The topological polar surface area (TPSA) is 77.6 Å². The molecule has 0 saturated carbocycles. The summed E-state index contributed by atoms with van der Waals surface area (Å²) in [6, 6.07) is 1.88. The Balaban J connectivity index is 1.76. The average Bonchev–Trinajstić information content (AvgIpc) is 3.03. The number of imidazole rings is 1. The third kappa shape index (κ3) is 4.11. The monoisotopic (exact) mass is 398 g/mol. The van der Waals surface area contributed by atoms with Crippen LogP contribution in [0.25, 0.3) is 5.82 Å². The molecule has 0 aliphatic rings. The van der Waals surface area contributed by atoms with E-state index in [1.54, 1.807) is 6.20 Å². The minimum absolute atomic E-state index is 0.0607. The SMILES string of the molecule is Cn1ccnc1CCNc1cnn(-c2ccc(C(F)(F)F)cn2)c(=O)c1Cl. The fourth-order valence-electron chi connectivity index (χ4n) is 2.34. The quantitative estimate of drug-likeness (QED) is 0.715. The van der Waals surface area contributed by atoms with Crippen LogP contribution < -0.4 is 10.9 Å². The Morgan fingerprint density at radius 1 is 1.22 bits per heavy atom. The van der Waals surface area contributed by atoms with Crippen LogP contribution in [0.1, 0.15) is 11.4 Å². The van der Waals surface area contributed by atoms with E-state index in [4.69, 9.17) is 11.6 Å². The molecule has 27 heavy (non-hydrogen) atoms. The van der Waals surface area contributed by atoms with Gasteiger partial charge in [-0.25, -0.2) is 9.97 Å². The van der Waals surface area contributed by atoms with Crippen LogP contribution in [0.15, 0.2) is 41.7 Å². The van der Waals surface area contributed by atoms with Crippen molar-refractivity contribution in [1.82, 2.24) is 24.3 Å². The van der Waals surface area contributed by atoms with Gasteiger partial charge in [0.15, 0.2) is 5.82 Å². The molecule has 3 rings (SSSR count). The van der Waals surface area contributed by atoms with Crippen molar-refractivity contribution in [2.24, 2.45) is 7.05 Å². The highest BCUT2D eigenvalue weighted by Gasteiger charge is 2.30. The summed E-state index contributed by atoms with van der Waals surface area (Å²) in [7, 11) is 1.87. The number of aryl methyl sites for hydroxylation is 1. The van der Waals surface area contributed by atoms with Gasteiger partial charge < -0.3 is 9.88 Å². The van der Waals surface area contributed by atoms with Gasteiger partial charge in [-0.3, -0.25) is 4.79 Å². The first-order chi connectivity index (χ1) is 12.8. The van der Waals surface area contributed by atoms with Crippen LogP contribution in [0.2, 0.25) is 5.02 Å². The van der Waals surface area contributed by atoms with Crippen molar-refractivity contribution < 1.29 is 13.2 Å². The number of aromatic nitrogens is 5. The number of halogens is 4. The van der Waals surface area contributed by atoms with E-state index in [9.17, 15) is 18.0 Å². The van der Waals surface area contributed by atoms with Gasteiger partial charge in [0.05, 0.1) is 17.4 Å². The molecule has 11 heteroatoms. The number of anilines is 1. The molecular weight excluding hydrogens is 385 g/mol. The van der Waals surface area contributed by atoms with Crippen molar-refractivity contribution in [3.63, 3.8) is 0 Å². The predicted molar refractivity (Wildman–Crippen MR) is 93.0 cm³/mol. The fourth-order valence-corrected chi connectivity index (χ4v) is 2.54. The lowest BCUT2D eigenvalue weighted by molar-refractivity contribution is -0.137. The average molecular weight is 399 g/mol. The Kier molecular flexibility index (Phi) is 5.17. The Morgan fingerprint density at radius 3 is 2.59 bits per heavy atom. The number of alkyl halides is 3. The minimum Gasteiger partial charge on any atom is -0.382 e. The van der Waals surface area contributed by atoms with Crippen molar-refractivity contribution >= 4 is 17.3 Å². The second kappa shape index (κ2) is 7.39. The maximum atomic E-state index is 12.6. The Morgan fingerprint density at radius 2 is 2.00 bits per heavy atom. The van der Waals surface area contributed by atoms with E-state index in [2.05, 4.69) is 20.4 Å². The highest BCUT2D eigenvalue weighted by Crippen LogP contribution is 2.28. The number of nitrogens with one attached hydrogen (secondary N) is 1. The lowest BCUT2D eigenvalue weighted by Crippen LogP contribution is -2.24. The third-order valence-corrected chi connectivity index (χ3v) is 4.16. The van der Waals surface area contributed by atoms with Crippen molar-refractivity contribution in [3.05, 3.63) is 63.7 Å². The molecule has 0 amide bonds. The molecule has 0 fully saturated rings. The highest BCUT2D eigenvalue weighted by molar-refractivity contribution is 6.32. The van der Waals surface area contributed by atoms with Gasteiger partial charge in [-0.15, -0.1) is 0 Å². The first kappa shape index (κ1) is 18.9. The Hall–Kier alpha value is -2.88. The first-order valence-electron chi connectivity index (χ1n) is 7.79. The van der Waals surface area contributed by atoms with E-state index < -0.39 is 17.3 Å². The van der Waals surface area contributed by atoms with Crippen LogP contribution in [-0.4, -0.2) is 30.9 Å². The summed E-state index contributed by atoms with van der Waals surface area (Å²) < 4.78 is 40.5. The summed E-state index contributed by atoms with van der Waals surface area (Å²) in [5, 5.41) is 6.79. The zero-order valence-electron chi connectivity index (χ0n) is 14.0. The van der Waals surface area contributed by atoms with Gasteiger partial charge in [0.1, 0.15) is 10.8 Å². The normalized spacial score (nSPS) is 11.6. The molecule has 3 aromatic rings. The summed E-state index contributed by atoms with van der Waals surface area (Å²) in [4.78, 5) is 20.2. The van der Waals surface area contributed by atoms with Crippen LogP contribution in [0.5, 0.6) is 0 Å². The summed E-state index contributed by atoms with van der Waals surface area (Å²) in [5.74, 6) is 0.795. The van der Waals surface area contributed by atoms with Crippen molar-refractivity contribution in [3.8, 4) is 5.82 Å². The smallest absolute Gasteiger partial charge is 0.382 e. The van der Waals surface area contributed by atoms with Gasteiger partial charge in [-0.05, 0) is 12.1 Å². The lowest BCUT2D eigenvalue weighted by Gasteiger charge is -2.11. The molecule has 7 nitrogen and oxygen atoms in total. The molecule has 3 aromatic heterocycles. The van der Waals surface area contributed by atoms with Gasteiger partial charge >= 0.3 is 6.18 Å². The number of hydrogen-bond donors (Lipinski definition) is 1. The molecule has 0 spiro atoms. The molecule has 3 heterocycles. The van der Waals surface area contributed by atoms with Crippen LogP contribution in [0.3, 0.4) is 0 Å². The number of rotatable bonds is 5. The van der Waals surface area contributed by atoms with E-state index in [1.165, 1.54) is 6.20 Å². The molecule has 1 N–H and O–H groups in total. The maximum absolute atomic E-state index is 12.6. The summed E-state index contributed by atoms with van der Waals surface area (Å²) in [5.41, 5.74) is -1.29. The van der Waals surface area contributed by atoms with E-state index in [-0.39, 0.29) is 10.8 Å². The first-order valence-corrected chi connectivity index (χ1v) is 8.16. The second-order valence-corrected chi connectivity index (χ2v) is 6.00. The van der Waals surface area contributed by atoms with Gasteiger partial charge in [0.2, 0.25) is 0 Å². The van der Waals surface area contributed by atoms with Crippen LogP contribution in [0.4, 0.5) is 18.9 Å². The van der Waals surface area contributed by atoms with E-state index in [1.807, 2.05) is 17.8 Å². The molecule has 0 saturated heterocycles. The summed E-state index contributed by atoms with van der Waals surface area (Å²) >= 11 is 6.08. The third-order valence-electron chi connectivity index (χ3n) is 3.80. The molecule has 0 aliphatic carbocycles. The van der Waals surface area contributed by atoms with Gasteiger partial charge in [0, 0.05) is 38.6 Å². The number of hydrogen-bond acceptors (Lipinski definition) is 5. The highest BCUT2D eigenvalue weighted by atomic mass is 35.5. The number of pyridine rings is 1. The molecule has 0 aromatic carbocycles. The largest absolute Gasteiger partial charge is 0.417 e. The molecule has 0 radical (unpaired) electrons. The lowest BCUT2D eigenvalue weighted by atomic mass is 10.3. The van der Waals surface area contributed by atoms with Crippen molar-refractivity contribution in [1.29, 1.82) is 0 Å². The summed E-state index contributed by atoms with van der Waals surface area (Å²) in [6.45, 7) is 0.467. The second-order valence-electron chi connectivity index (χ2n) is 5.62. The molecule has 0 bridgehead atoms. The van der Waals surface area contributed by atoms with E-state index in [0.29, 0.717) is 24.8 Å². The molecule has 142 valence electrons. The van der Waals surface area contributed by atoms with Gasteiger partial charge in [-0.2, -0.15) is 23.0 Å². The van der Waals surface area contributed by atoms with Gasteiger partial charge in [0.25, 0.3) is 5.56 Å². The minimum atomic E-state index is -4.51. The Labute approximate surface area is 156 Å². The van der Waals surface area contributed by atoms with Crippen molar-refractivity contribution in [2.75, 3.05) is 11.9 Å². The van der Waals surface area contributed by atoms with Crippen molar-refractivity contribution in [2.45, 2.75) is 12.6 Å². The zero-order chi connectivity index (χ0) is 19.6. The Bertz CT molecular complexity index is 997. The molecule has 0 unspecified atom stereocenters. The molecule has 0 aliphatic heterocycles.